The Morgan fingerprint density at radius 2 is 1.59 bits per heavy atom. The van der Waals surface area contributed by atoms with Crippen molar-refractivity contribution in [1.29, 1.82) is 0 Å². The lowest BCUT2D eigenvalue weighted by atomic mass is 9.76. The monoisotopic (exact) mass is 1150 g/mol. The topological polar surface area (TPSA) is 273 Å². The number of phenols is 1. The number of hydrogen-bond donors (Lipinski definition) is 6. The second kappa shape index (κ2) is 28.3. The van der Waals surface area contributed by atoms with Gasteiger partial charge < -0.3 is 78.3 Å². The van der Waals surface area contributed by atoms with Gasteiger partial charge in [-0.1, -0.05) is 39.3 Å². The fraction of sp³-hybridized carbons (Fsp3) is 0.800. The molecule has 18 atom stereocenters. The van der Waals surface area contributed by atoms with Crippen LogP contribution >= 0.6 is 0 Å². The molecule has 1 aromatic carbocycles. The van der Waals surface area contributed by atoms with Gasteiger partial charge in [0.25, 0.3) is 0 Å². The molecule has 1 saturated carbocycles. The number of hydrogen-bond acceptors (Lipinski definition) is 20. The number of rotatable bonds is 18. The van der Waals surface area contributed by atoms with Crippen molar-refractivity contribution in [3.05, 3.63) is 33.9 Å². The molecule has 81 heavy (non-hydrogen) atoms. The van der Waals surface area contributed by atoms with Crippen LogP contribution in [-0.2, 0) is 60.6 Å². The van der Waals surface area contributed by atoms with Crippen molar-refractivity contribution in [2.45, 2.75) is 225 Å². The van der Waals surface area contributed by atoms with Crippen molar-refractivity contribution < 1.29 is 87.7 Å². The number of ether oxygens (including phenoxy) is 8. The SMILES string of the molecule is CC[C@H]1OC(=O)[C@H](C)[C@@H](O[C@H]2C[C@@](C)(OC)[C@@H](O)[C@H](C)O2)[C@H](C)[C@@H](O[C@@H]2C[C@H](C)CC(N(C)C(=O)CN(C)CCOC(=O)CC/C(C)=C/Cc3c(O)c4c(c(C)c3OC)COC4=O)[C@H]2O)[C@](C)(O)C[C@@H](C)CN(C)[C@H](C)[C@@H](O)[C@]1(C)O. The van der Waals surface area contributed by atoms with Crippen LogP contribution in [0, 0.1) is 30.6 Å². The van der Waals surface area contributed by atoms with Crippen LogP contribution in [0.15, 0.2) is 11.6 Å². The number of aliphatic hydroxyl groups excluding tert-OH is 3. The van der Waals surface area contributed by atoms with E-state index in [0.717, 1.165) is 11.1 Å². The minimum Gasteiger partial charge on any atom is -0.507 e. The Kier molecular flexibility index (Phi) is 23.6. The molecular weight excluding hydrogens is 1050 g/mol. The normalized spacial score (nSPS) is 36.7. The summed E-state index contributed by atoms with van der Waals surface area (Å²) in [5.41, 5.74) is -1.79. The third-order valence-corrected chi connectivity index (χ3v) is 18.1. The summed E-state index contributed by atoms with van der Waals surface area (Å²) in [6, 6.07) is -1.30. The molecule has 2 saturated heterocycles. The third kappa shape index (κ3) is 15.9. The predicted molar refractivity (Wildman–Crippen MR) is 300 cm³/mol. The maximum absolute atomic E-state index is 14.5. The van der Waals surface area contributed by atoms with Crippen molar-refractivity contribution in [2.75, 3.05) is 61.6 Å². The van der Waals surface area contributed by atoms with Gasteiger partial charge in [0, 0.05) is 63.2 Å². The van der Waals surface area contributed by atoms with Crippen molar-refractivity contribution in [2.24, 2.45) is 23.7 Å². The molecule has 3 heterocycles. The molecular formula is C60H99N3O18. The molecule has 1 aliphatic carbocycles. The first-order chi connectivity index (χ1) is 37.7. The number of aromatic hydroxyl groups is 1. The highest BCUT2D eigenvalue weighted by molar-refractivity contribution is 5.98. The van der Waals surface area contributed by atoms with E-state index in [2.05, 4.69) is 0 Å². The number of methoxy groups -OCH3 is 2. The number of nitrogens with zero attached hydrogens (tertiary/aromatic N) is 3. The van der Waals surface area contributed by atoms with Crippen LogP contribution in [0.4, 0.5) is 0 Å². The van der Waals surface area contributed by atoms with Gasteiger partial charge in [0.1, 0.15) is 60.3 Å². The van der Waals surface area contributed by atoms with Crippen molar-refractivity contribution >= 4 is 23.8 Å². The number of benzene rings is 1. The quantitative estimate of drug-likeness (QED) is 0.0666. The maximum Gasteiger partial charge on any atom is 0.342 e. The number of fused-ring (bicyclic) bond motifs is 1. The summed E-state index contributed by atoms with van der Waals surface area (Å²) in [5, 5.41) is 70.9. The van der Waals surface area contributed by atoms with Gasteiger partial charge in [-0.05, 0) is 125 Å². The smallest absolute Gasteiger partial charge is 0.342 e. The van der Waals surface area contributed by atoms with E-state index in [1.807, 2.05) is 45.7 Å². The molecule has 4 aliphatic rings. The number of cyclic esters (lactones) is 2. The second-order valence-electron chi connectivity index (χ2n) is 24.9. The van der Waals surface area contributed by atoms with Crippen molar-refractivity contribution in [3.63, 3.8) is 0 Å². The van der Waals surface area contributed by atoms with Gasteiger partial charge in [-0.25, -0.2) is 4.79 Å². The number of carbonyl (C=O) groups excluding carboxylic acids is 4. The molecule has 0 radical (unpaired) electrons. The Balaban J connectivity index is 1.30. The van der Waals surface area contributed by atoms with E-state index in [0.29, 0.717) is 42.7 Å². The molecule has 5 rings (SSSR count). The molecule has 21 nitrogen and oxygen atoms in total. The summed E-state index contributed by atoms with van der Waals surface area (Å²) in [5.74, 6) is -3.91. The van der Waals surface area contributed by atoms with E-state index in [1.54, 1.807) is 67.5 Å². The number of carbonyl (C=O) groups is 4. The molecule has 1 aromatic rings. The zero-order chi connectivity index (χ0) is 60.8. The first-order valence-electron chi connectivity index (χ1n) is 29.0. The number of phenolic OH excluding ortho intramolecular Hbond substituents is 1. The van der Waals surface area contributed by atoms with E-state index in [1.165, 1.54) is 26.0 Å². The molecule has 3 aliphatic heterocycles. The maximum atomic E-state index is 14.5. The van der Waals surface area contributed by atoms with Gasteiger partial charge in [0.2, 0.25) is 5.91 Å². The number of esters is 3. The van der Waals surface area contributed by atoms with E-state index in [4.69, 9.17) is 37.9 Å². The number of amides is 1. The largest absolute Gasteiger partial charge is 0.507 e. The zero-order valence-electron chi connectivity index (χ0n) is 51.4. The van der Waals surface area contributed by atoms with Gasteiger partial charge in [0.15, 0.2) is 6.29 Å². The highest BCUT2D eigenvalue weighted by Gasteiger charge is 2.53. The van der Waals surface area contributed by atoms with E-state index in [9.17, 15) is 49.8 Å². The van der Waals surface area contributed by atoms with Crippen LogP contribution in [0.2, 0.25) is 0 Å². The van der Waals surface area contributed by atoms with Crippen LogP contribution in [-0.4, -0.2) is 215 Å². The van der Waals surface area contributed by atoms with E-state index >= 15 is 0 Å². The lowest BCUT2D eigenvalue weighted by Crippen LogP contribution is -2.60. The summed E-state index contributed by atoms with van der Waals surface area (Å²) in [4.78, 5) is 58.9. The van der Waals surface area contributed by atoms with E-state index in [-0.39, 0.29) is 87.5 Å². The summed E-state index contributed by atoms with van der Waals surface area (Å²) in [6.07, 6.45) is -5.69. The molecule has 1 amide bonds. The average molecular weight is 1150 g/mol. The first kappa shape index (κ1) is 67.8. The number of aliphatic hydroxyl groups is 5. The van der Waals surface area contributed by atoms with Gasteiger partial charge >= 0.3 is 17.9 Å². The number of allylic oxidation sites excluding steroid dienone is 2. The predicted octanol–water partition coefficient (Wildman–Crippen LogP) is 4.60. The second-order valence-corrected chi connectivity index (χ2v) is 24.9. The van der Waals surface area contributed by atoms with Gasteiger partial charge in [-0.3, -0.25) is 19.3 Å². The zero-order valence-corrected chi connectivity index (χ0v) is 51.4. The number of likely N-dealkylation sites (N-methyl/N-ethyl adjacent to an activating group) is 3. The first-order valence-corrected chi connectivity index (χ1v) is 29.0. The van der Waals surface area contributed by atoms with Crippen molar-refractivity contribution in [1.82, 2.24) is 14.7 Å². The highest BCUT2D eigenvalue weighted by atomic mass is 16.7. The van der Waals surface area contributed by atoms with Crippen LogP contribution in [0.1, 0.15) is 148 Å². The molecule has 0 aromatic heterocycles. The standard InChI is InChI=1S/C60H99N3O18/c1-18-44-60(12,73)53(68)38(8)62(14)29-34(4)27-58(10,72)55(36(6)51(37(7)56(70)80-44)81-47-28-59(11,75-17)54(69)39(9)78-47)79-43-26-33(3)25-42(50(43)67)63(15)45(64)30-61(13)23-24-76-46(65)22-20-32(2)19-21-40-49(66)48-41(31-77-57(48)71)35(5)52(40)74-16/h19,33-34,36-39,42-44,47,50-51,53-55,66-69,72-73H,18,20-31H2,1-17H3/b32-19+/t33-,34-,36+,37-,38-,39+,42?,43-,44-,47+,50-,51+,53-,54+,55-,58-,59-,60-/m1/s1. The van der Waals surface area contributed by atoms with Crippen LogP contribution in [0.3, 0.4) is 0 Å². The van der Waals surface area contributed by atoms with Crippen molar-refractivity contribution in [3.8, 4) is 11.5 Å². The Labute approximate surface area is 480 Å². The summed E-state index contributed by atoms with van der Waals surface area (Å²) in [6.45, 7) is 21.9. The fourth-order valence-electron chi connectivity index (χ4n) is 12.8. The van der Waals surface area contributed by atoms with Gasteiger partial charge in [-0.2, -0.15) is 0 Å². The summed E-state index contributed by atoms with van der Waals surface area (Å²) < 4.78 is 48.3. The lowest BCUT2D eigenvalue weighted by Gasteiger charge is -2.49. The Bertz CT molecular complexity index is 2350. The summed E-state index contributed by atoms with van der Waals surface area (Å²) >= 11 is 0. The Hall–Kier alpha value is -4.00. The molecule has 21 heteroatoms. The molecule has 1 unspecified atom stereocenters. The van der Waals surface area contributed by atoms with Crippen LogP contribution in [0.25, 0.3) is 0 Å². The lowest BCUT2D eigenvalue weighted by molar-refractivity contribution is -0.302. The molecule has 6 N–H and O–H groups in total. The fourth-order valence-corrected chi connectivity index (χ4v) is 12.8. The molecule has 3 fully saturated rings. The molecule has 0 spiro atoms. The molecule has 462 valence electrons. The van der Waals surface area contributed by atoms with Gasteiger partial charge in [0.05, 0.1) is 61.2 Å². The van der Waals surface area contributed by atoms with E-state index < -0.39 is 114 Å². The minimum absolute atomic E-state index is 0.0274. The van der Waals surface area contributed by atoms with Gasteiger partial charge in [-0.15, -0.1) is 0 Å². The Morgan fingerprint density at radius 1 is 0.926 bits per heavy atom. The van der Waals surface area contributed by atoms with Crippen LogP contribution in [0.5, 0.6) is 11.5 Å². The Morgan fingerprint density at radius 3 is 2.22 bits per heavy atom. The average Bonchev–Trinajstić information content (AvgIpc) is 4.07. The molecule has 0 bridgehead atoms. The van der Waals surface area contributed by atoms with Crippen LogP contribution < -0.4 is 4.74 Å². The highest BCUT2D eigenvalue weighted by Crippen LogP contribution is 2.44. The summed E-state index contributed by atoms with van der Waals surface area (Å²) in [7, 11) is 8.18. The minimum atomic E-state index is -1.86. The third-order valence-electron chi connectivity index (χ3n) is 18.1.